The van der Waals surface area contributed by atoms with Crippen molar-refractivity contribution in [1.82, 2.24) is 9.80 Å². The predicted molar refractivity (Wildman–Crippen MR) is 263 cm³/mol. The van der Waals surface area contributed by atoms with Crippen LogP contribution < -0.4 is 0 Å². The van der Waals surface area contributed by atoms with Crippen LogP contribution in [0.15, 0.2) is 30.3 Å². The summed E-state index contributed by atoms with van der Waals surface area (Å²) in [6.07, 6.45) is -7.20. The number of rotatable bonds is 19. The van der Waals surface area contributed by atoms with Gasteiger partial charge in [0.1, 0.15) is 24.4 Å². The van der Waals surface area contributed by atoms with Crippen molar-refractivity contribution in [3.63, 3.8) is 0 Å². The van der Waals surface area contributed by atoms with E-state index in [-0.39, 0.29) is 38.0 Å². The molecule has 0 amide bonds. The molecule has 0 bridgehead atoms. The Morgan fingerprint density at radius 1 is 0.915 bits per heavy atom. The van der Waals surface area contributed by atoms with E-state index in [4.69, 9.17) is 47.4 Å². The maximum atomic E-state index is 14.0. The Balaban J connectivity index is 1.78. The molecule has 3 fully saturated rings. The Hall–Kier alpha value is -3.30. The first-order valence-corrected chi connectivity index (χ1v) is 25.8. The van der Waals surface area contributed by atoms with Gasteiger partial charge in [-0.05, 0) is 97.8 Å². The van der Waals surface area contributed by atoms with Gasteiger partial charge in [0.15, 0.2) is 24.3 Å². The molecular weight excluding hydrogens is 921 g/mol. The number of hydrogen-bond donors (Lipinski definition) is 2. The Morgan fingerprint density at radius 2 is 1.58 bits per heavy atom. The zero-order chi connectivity index (χ0) is 52.6. The third-order valence-corrected chi connectivity index (χ3v) is 14.5. The number of β-amino-alcohol motifs (C(OH)–C–C–N with tert-alkyl or cyclic N) is 1. The fourth-order valence-corrected chi connectivity index (χ4v) is 10.9. The summed E-state index contributed by atoms with van der Waals surface area (Å²) >= 11 is 0. The first kappa shape index (κ1) is 60.3. The highest BCUT2D eigenvalue weighted by molar-refractivity contribution is 5.73. The second-order valence-corrected chi connectivity index (χ2v) is 20.4. The second kappa shape index (κ2) is 29.0. The van der Waals surface area contributed by atoms with E-state index in [1.54, 1.807) is 27.7 Å². The van der Waals surface area contributed by atoms with Gasteiger partial charge in [-0.15, -0.1) is 0 Å². The number of nitrogens with zero attached hydrogens (tertiary/aromatic N) is 2. The van der Waals surface area contributed by atoms with Crippen molar-refractivity contribution < 1.29 is 76.8 Å². The topological polar surface area (TPSA) is 208 Å². The number of benzene rings is 1. The Bertz CT molecular complexity index is 1770. The van der Waals surface area contributed by atoms with Gasteiger partial charge in [0, 0.05) is 72.9 Å². The standard InChI is InChI=1S/C53H88N2O16/c1-14-41(58)68-40-29-43(60)65-33(4)24-26-55(25-20-19-23-37-21-17-16-18-22-37)31-39(57)32(3)27-38(28-44(62-11)63-12)46(50(40)64-13)51-48(61)47(54(9)10)49(34(5)67-51)70-45-30-53(8,71-36(7)56)52(35(6)66-45)69-42(59)15-2/h16-18,21-22,32-35,38-40,44-52,57,61H,14-15,19-20,23-31H2,1-13H3/t32-,33-,34-,35+,38-,39+,40-,45+,46+,47-,48-,49-,50-,51+,52+,53-/m1/s1. The van der Waals surface area contributed by atoms with Gasteiger partial charge in [0.25, 0.3) is 0 Å². The first-order valence-electron chi connectivity index (χ1n) is 25.8. The molecule has 3 aliphatic heterocycles. The summed E-state index contributed by atoms with van der Waals surface area (Å²) in [6.45, 7) is 15.4. The highest BCUT2D eigenvalue weighted by atomic mass is 16.7. The molecule has 4 rings (SSSR count). The molecule has 16 atom stereocenters. The van der Waals surface area contributed by atoms with Crippen molar-refractivity contribution in [3.8, 4) is 0 Å². The van der Waals surface area contributed by atoms with Crippen LogP contribution in [0.1, 0.15) is 119 Å². The Kier molecular flexibility index (Phi) is 24.6. The molecule has 0 spiro atoms. The molecule has 3 heterocycles. The van der Waals surface area contributed by atoms with Gasteiger partial charge in [0.05, 0.1) is 43.0 Å². The van der Waals surface area contributed by atoms with E-state index in [0.29, 0.717) is 25.9 Å². The zero-order valence-corrected chi connectivity index (χ0v) is 44.8. The van der Waals surface area contributed by atoms with E-state index in [0.717, 1.165) is 25.8 Å². The Morgan fingerprint density at radius 3 is 2.18 bits per heavy atom. The average molecular weight is 1010 g/mol. The van der Waals surface area contributed by atoms with Gasteiger partial charge in [-0.25, -0.2) is 0 Å². The van der Waals surface area contributed by atoms with Crippen LogP contribution in [0.2, 0.25) is 0 Å². The first-order chi connectivity index (χ1) is 33.7. The maximum Gasteiger partial charge on any atom is 0.309 e. The molecular formula is C53H88N2O16. The molecule has 0 aromatic heterocycles. The molecule has 2 N–H and O–H groups in total. The molecule has 0 unspecified atom stereocenters. The van der Waals surface area contributed by atoms with E-state index >= 15 is 0 Å². The van der Waals surface area contributed by atoms with E-state index in [1.165, 1.54) is 33.8 Å². The molecule has 1 aromatic rings. The van der Waals surface area contributed by atoms with Crippen molar-refractivity contribution in [2.45, 2.75) is 205 Å². The number of cyclic esters (lactones) is 1. The van der Waals surface area contributed by atoms with Crippen LogP contribution >= 0.6 is 0 Å². The number of hydrogen-bond acceptors (Lipinski definition) is 18. The van der Waals surface area contributed by atoms with Gasteiger partial charge in [-0.3, -0.25) is 19.2 Å². The molecule has 1 aromatic carbocycles. The minimum Gasteiger partial charge on any atom is -0.463 e. The van der Waals surface area contributed by atoms with Crippen LogP contribution in [0.4, 0.5) is 0 Å². The number of aryl methyl sites for hydroxylation is 1. The van der Waals surface area contributed by atoms with Crippen LogP contribution in [0.3, 0.4) is 0 Å². The number of unbranched alkanes of at least 4 members (excludes halogenated alkanes) is 1. The number of aliphatic hydroxyl groups is 2. The lowest BCUT2D eigenvalue weighted by Gasteiger charge is -2.53. The summed E-state index contributed by atoms with van der Waals surface area (Å²) in [6, 6.07) is 9.58. The number of methoxy groups -OCH3 is 3. The van der Waals surface area contributed by atoms with E-state index in [2.05, 4.69) is 17.0 Å². The maximum absolute atomic E-state index is 14.0. The normalized spacial score (nSPS) is 35.0. The van der Waals surface area contributed by atoms with E-state index < -0.39 is 121 Å². The lowest BCUT2D eigenvalue weighted by Crippen LogP contribution is -2.67. The minimum absolute atomic E-state index is 0.00211. The van der Waals surface area contributed by atoms with Crippen LogP contribution in [-0.2, 0) is 73.0 Å². The number of carbonyl (C=O) groups excluding carboxylic acids is 4. The molecule has 0 radical (unpaired) electrons. The van der Waals surface area contributed by atoms with Crippen molar-refractivity contribution >= 4 is 23.9 Å². The Labute approximate surface area is 422 Å². The van der Waals surface area contributed by atoms with Crippen LogP contribution in [0.25, 0.3) is 0 Å². The summed E-state index contributed by atoms with van der Waals surface area (Å²) in [5, 5.41) is 25.1. The van der Waals surface area contributed by atoms with Crippen molar-refractivity contribution in [2.75, 3.05) is 55.1 Å². The molecule has 18 heteroatoms. The zero-order valence-electron chi connectivity index (χ0n) is 44.8. The number of esters is 4. The quantitative estimate of drug-likeness (QED) is 0.0786. The van der Waals surface area contributed by atoms with Gasteiger partial charge in [-0.2, -0.15) is 0 Å². The van der Waals surface area contributed by atoms with E-state index in [1.807, 2.05) is 58.0 Å². The average Bonchev–Trinajstić information content (AvgIpc) is 3.31. The SMILES string of the molecule is CCC(=O)O[C@@H]1CC(=O)O[C@H](C)CCN(CCCCc2ccccc2)C[C@H](O)[C@H](C)C[C@H](CC(OC)OC)[C@H]([C@@H]2O[C@H](C)[C@@H](O[C@H]3C[C@@](C)(OC(C)=O)[C@@H](OC(=O)CC)[C@H](C)O3)[C@H](N(C)C)[C@H]2O)[C@@H]1OC. The fourth-order valence-electron chi connectivity index (χ4n) is 10.9. The molecule has 3 aliphatic rings. The summed E-state index contributed by atoms with van der Waals surface area (Å²) in [7, 11) is 8.18. The van der Waals surface area contributed by atoms with Gasteiger partial charge >= 0.3 is 23.9 Å². The van der Waals surface area contributed by atoms with Crippen LogP contribution in [-0.4, -0.2) is 184 Å². The lowest BCUT2D eigenvalue weighted by atomic mass is 9.70. The molecule has 0 saturated carbocycles. The van der Waals surface area contributed by atoms with Gasteiger partial charge < -0.3 is 67.4 Å². The highest BCUT2D eigenvalue weighted by Crippen LogP contribution is 2.43. The number of likely N-dealkylation sites (N-methyl/N-ethyl adjacent to an activating group) is 1. The third-order valence-electron chi connectivity index (χ3n) is 14.5. The smallest absolute Gasteiger partial charge is 0.309 e. The van der Waals surface area contributed by atoms with Crippen molar-refractivity contribution in [1.29, 1.82) is 0 Å². The number of ether oxygens (including phenoxy) is 10. The molecule has 0 aliphatic carbocycles. The van der Waals surface area contributed by atoms with Crippen LogP contribution in [0.5, 0.6) is 0 Å². The second-order valence-electron chi connectivity index (χ2n) is 20.4. The van der Waals surface area contributed by atoms with Crippen molar-refractivity contribution in [3.05, 3.63) is 35.9 Å². The number of aliphatic hydroxyl groups excluding tert-OH is 2. The molecule has 18 nitrogen and oxygen atoms in total. The number of carbonyl (C=O) groups is 4. The van der Waals surface area contributed by atoms with E-state index in [9.17, 15) is 29.4 Å². The fraction of sp³-hybridized carbons (Fsp3) is 0.811. The van der Waals surface area contributed by atoms with Crippen molar-refractivity contribution in [2.24, 2.45) is 17.8 Å². The molecule has 3 saturated heterocycles. The summed E-state index contributed by atoms with van der Waals surface area (Å²) in [5.74, 6) is -3.86. The summed E-state index contributed by atoms with van der Waals surface area (Å²) in [4.78, 5) is 56.4. The largest absolute Gasteiger partial charge is 0.463 e. The third kappa shape index (κ3) is 17.4. The van der Waals surface area contributed by atoms with Gasteiger partial charge in [-0.1, -0.05) is 51.1 Å². The molecule has 71 heavy (non-hydrogen) atoms. The lowest BCUT2D eigenvalue weighted by molar-refractivity contribution is -0.320. The van der Waals surface area contributed by atoms with Crippen LogP contribution in [0, 0.1) is 17.8 Å². The monoisotopic (exact) mass is 1010 g/mol. The summed E-state index contributed by atoms with van der Waals surface area (Å²) < 4.78 is 61.9. The molecule has 406 valence electrons. The highest BCUT2D eigenvalue weighted by Gasteiger charge is 2.56. The van der Waals surface area contributed by atoms with Gasteiger partial charge in [0.2, 0.25) is 0 Å². The minimum atomic E-state index is -1.32. The summed E-state index contributed by atoms with van der Waals surface area (Å²) in [5.41, 5.74) is -0.0500. The predicted octanol–water partition coefficient (Wildman–Crippen LogP) is 5.24.